The first-order chi connectivity index (χ1) is 8.13. The zero-order chi connectivity index (χ0) is 13.3. The number of hydrogen-bond donors (Lipinski definition) is 0. The van der Waals surface area contributed by atoms with Gasteiger partial charge in [0.15, 0.2) is 0 Å². The van der Waals surface area contributed by atoms with Gasteiger partial charge in [0.25, 0.3) is 0 Å². The second-order valence-electron chi connectivity index (χ2n) is 3.72. The summed E-state index contributed by atoms with van der Waals surface area (Å²) in [4.78, 5) is 0. The van der Waals surface area contributed by atoms with Crippen LogP contribution in [-0.4, -0.2) is 20.3 Å². The van der Waals surface area contributed by atoms with Crippen molar-refractivity contribution in [1.29, 1.82) is 0 Å². The molecule has 0 aliphatic heterocycles. The molecule has 98 valence electrons. The van der Waals surface area contributed by atoms with Crippen LogP contribution >= 0.6 is 11.6 Å². The molecule has 17 heavy (non-hydrogen) atoms. The predicted molar refractivity (Wildman–Crippen MR) is 74.3 cm³/mol. The lowest BCUT2D eigenvalue weighted by atomic mass is 10.0. The van der Waals surface area contributed by atoms with E-state index in [1.807, 2.05) is 32.0 Å². The van der Waals surface area contributed by atoms with Gasteiger partial charge in [0, 0.05) is 12.1 Å². The Bertz CT molecular complexity index is 311. The van der Waals surface area contributed by atoms with E-state index in [1.165, 1.54) is 5.56 Å². The maximum atomic E-state index is 6.00. The smallest absolute Gasteiger partial charge is 0.121 e. The molecule has 0 amide bonds. The highest BCUT2D eigenvalue weighted by atomic mass is 35.5. The molecule has 2 nitrogen and oxygen atoms in total. The van der Waals surface area contributed by atoms with Crippen molar-refractivity contribution in [3.05, 3.63) is 28.8 Å². The van der Waals surface area contributed by atoms with Crippen molar-refractivity contribution >= 4 is 11.6 Å². The number of halogens is 1. The van der Waals surface area contributed by atoms with Gasteiger partial charge in [-0.3, -0.25) is 0 Å². The summed E-state index contributed by atoms with van der Waals surface area (Å²) < 4.78 is 10.4. The van der Waals surface area contributed by atoms with Crippen molar-refractivity contribution in [2.24, 2.45) is 0 Å². The Balaban J connectivity index is 0.00000121. The minimum absolute atomic E-state index is 0.452. The fourth-order valence-electron chi connectivity index (χ4n) is 1.24. The van der Waals surface area contributed by atoms with E-state index < -0.39 is 0 Å². The lowest BCUT2D eigenvalue weighted by molar-refractivity contribution is 0.146. The minimum atomic E-state index is 0.452. The number of hydrogen-bond acceptors (Lipinski definition) is 2. The number of ether oxygens (including phenoxy) is 2. The minimum Gasteiger partial charge on any atom is -0.491 e. The third-order valence-corrected chi connectivity index (χ3v) is 2.33. The van der Waals surface area contributed by atoms with Crippen molar-refractivity contribution in [1.82, 2.24) is 0 Å². The molecule has 0 radical (unpaired) electrons. The van der Waals surface area contributed by atoms with Gasteiger partial charge in [-0.05, 0) is 29.7 Å². The quantitative estimate of drug-likeness (QED) is 0.724. The molecular formula is C14H23ClO2. The maximum Gasteiger partial charge on any atom is 0.121 e. The van der Waals surface area contributed by atoms with Crippen LogP contribution in [0.4, 0.5) is 0 Å². The van der Waals surface area contributed by atoms with E-state index in [-0.39, 0.29) is 0 Å². The standard InChI is InChI=1S/C12H17ClO2.C2H6/c1-9(2)10-6-11(13)8-12(7-10)15-5-4-14-3;1-2/h6-9H,4-5H2,1-3H3;1-2H3. The van der Waals surface area contributed by atoms with Crippen molar-refractivity contribution < 1.29 is 9.47 Å². The molecule has 0 spiro atoms. The highest BCUT2D eigenvalue weighted by Crippen LogP contribution is 2.25. The highest BCUT2D eigenvalue weighted by Gasteiger charge is 2.04. The summed E-state index contributed by atoms with van der Waals surface area (Å²) in [7, 11) is 1.65. The zero-order valence-electron chi connectivity index (χ0n) is 11.4. The van der Waals surface area contributed by atoms with Crippen molar-refractivity contribution in [3.8, 4) is 5.75 Å². The van der Waals surface area contributed by atoms with Crippen LogP contribution in [0.5, 0.6) is 5.75 Å². The molecule has 0 aromatic heterocycles. The van der Waals surface area contributed by atoms with Gasteiger partial charge in [0.1, 0.15) is 12.4 Å². The van der Waals surface area contributed by atoms with Crippen molar-refractivity contribution in [3.63, 3.8) is 0 Å². The Labute approximate surface area is 110 Å². The molecule has 0 aliphatic rings. The van der Waals surface area contributed by atoms with Gasteiger partial charge in [0.2, 0.25) is 0 Å². The predicted octanol–water partition coefficient (Wildman–Crippen LogP) is 4.51. The summed E-state index contributed by atoms with van der Waals surface area (Å²) in [6, 6.07) is 5.81. The average molecular weight is 259 g/mol. The molecule has 0 N–H and O–H groups in total. The molecule has 1 aromatic rings. The first-order valence-corrected chi connectivity index (χ1v) is 6.43. The van der Waals surface area contributed by atoms with Crippen LogP contribution in [-0.2, 0) is 4.74 Å². The number of methoxy groups -OCH3 is 1. The Morgan fingerprint density at radius 1 is 1.12 bits per heavy atom. The summed E-state index contributed by atoms with van der Waals surface area (Å²) in [5.74, 6) is 1.26. The van der Waals surface area contributed by atoms with Crippen LogP contribution in [0.25, 0.3) is 0 Å². The SMILES string of the molecule is CC.COCCOc1cc(Cl)cc(C(C)C)c1. The molecule has 0 unspecified atom stereocenters. The van der Waals surface area contributed by atoms with E-state index in [4.69, 9.17) is 21.1 Å². The monoisotopic (exact) mass is 258 g/mol. The van der Waals surface area contributed by atoms with E-state index in [2.05, 4.69) is 13.8 Å². The molecular weight excluding hydrogens is 236 g/mol. The molecule has 0 saturated carbocycles. The van der Waals surface area contributed by atoms with Crippen LogP contribution in [0, 0.1) is 0 Å². The Kier molecular flexibility index (Phi) is 8.92. The number of benzene rings is 1. The van der Waals surface area contributed by atoms with Crippen molar-refractivity contribution in [2.45, 2.75) is 33.6 Å². The van der Waals surface area contributed by atoms with Gasteiger partial charge < -0.3 is 9.47 Å². The van der Waals surface area contributed by atoms with Crippen LogP contribution in [0.15, 0.2) is 18.2 Å². The van der Waals surface area contributed by atoms with E-state index in [9.17, 15) is 0 Å². The molecule has 1 rings (SSSR count). The van der Waals surface area contributed by atoms with Crippen LogP contribution in [0.3, 0.4) is 0 Å². The van der Waals surface area contributed by atoms with E-state index in [0.717, 1.165) is 5.75 Å². The van der Waals surface area contributed by atoms with Crippen molar-refractivity contribution in [2.75, 3.05) is 20.3 Å². The fourth-order valence-corrected chi connectivity index (χ4v) is 1.48. The molecule has 0 saturated heterocycles. The Hall–Kier alpha value is -0.730. The first-order valence-electron chi connectivity index (χ1n) is 6.05. The second-order valence-corrected chi connectivity index (χ2v) is 4.15. The van der Waals surface area contributed by atoms with E-state index >= 15 is 0 Å². The molecule has 0 bridgehead atoms. The maximum absolute atomic E-state index is 6.00. The normalized spacial score (nSPS) is 9.82. The van der Waals surface area contributed by atoms with Gasteiger partial charge in [-0.1, -0.05) is 39.3 Å². The zero-order valence-corrected chi connectivity index (χ0v) is 12.2. The summed E-state index contributed by atoms with van der Waals surface area (Å²) in [5.41, 5.74) is 1.19. The number of rotatable bonds is 5. The second kappa shape index (κ2) is 9.32. The van der Waals surface area contributed by atoms with E-state index in [0.29, 0.717) is 24.2 Å². The van der Waals surface area contributed by atoms with Gasteiger partial charge >= 0.3 is 0 Å². The molecule has 0 heterocycles. The van der Waals surface area contributed by atoms with E-state index in [1.54, 1.807) is 7.11 Å². The van der Waals surface area contributed by atoms with Crippen LogP contribution in [0.2, 0.25) is 5.02 Å². The summed E-state index contributed by atoms with van der Waals surface area (Å²) in [5, 5.41) is 0.716. The van der Waals surface area contributed by atoms with Gasteiger partial charge in [0.05, 0.1) is 6.61 Å². The van der Waals surface area contributed by atoms with Crippen LogP contribution < -0.4 is 4.74 Å². The van der Waals surface area contributed by atoms with Gasteiger partial charge in [-0.25, -0.2) is 0 Å². The van der Waals surface area contributed by atoms with Crippen LogP contribution in [0.1, 0.15) is 39.2 Å². The Morgan fingerprint density at radius 2 is 1.76 bits per heavy atom. The van der Waals surface area contributed by atoms with Gasteiger partial charge in [-0.2, -0.15) is 0 Å². The molecule has 0 aliphatic carbocycles. The Morgan fingerprint density at radius 3 is 2.29 bits per heavy atom. The third kappa shape index (κ3) is 6.54. The first kappa shape index (κ1) is 16.3. The summed E-state index contributed by atoms with van der Waals surface area (Å²) in [6.45, 7) is 9.40. The molecule has 3 heteroatoms. The largest absolute Gasteiger partial charge is 0.491 e. The van der Waals surface area contributed by atoms with Gasteiger partial charge in [-0.15, -0.1) is 0 Å². The lowest BCUT2D eigenvalue weighted by Crippen LogP contribution is -2.04. The summed E-state index contributed by atoms with van der Waals surface area (Å²) in [6.07, 6.45) is 0. The molecule has 0 atom stereocenters. The topological polar surface area (TPSA) is 18.5 Å². The third-order valence-electron chi connectivity index (χ3n) is 2.12. The highest BCUT2D eigenvalue weighted by molar-refractivity contribution is 6.30. The molecule has 0 fully saturated rings. The average Bonchev–Trinajstić information content (AvgIpc) is 2.31. The summed E-state index contributed by atoms with van der Waals surface area (Å²) >= 11 is 6.00. The molecule has 1 aromatic carbocycles. The lowest BCUT2D eigenvalue weighted by Gasteiger charge is -2.10. The fraction of sp³-hybridized carbons (Fsp3) is 0.571.